The van der Waals surface area contributed by atoms with E-state index in [1.165, 1.54) is 11.8 Å². The van der Waals surface area contributed by atoms with Crippen molar-refractivity contribution in [2.24, 2.45) is 0 Å². The summed E-state index contributed by atoms with van der Waals surface area (Å²) in [6.07, 6.45) is 0. The summed E-state index contributed by atoms with van der Waals surface area (Å²) in [6.45, 7) is 3.88. The van der Waals surface area contributed by atoms with Crippen LogP contribution in [0.4, 0.5) is 0 Å². The first-order chi connectivity index (χ1) is 8.48. The average molecular weight is 276 g/mol. The molecule has 0 amide bonds. The smallest absolute Gasteiger partial charge is 0.208 e. The minimum absolute atomic E-state index is 0.427. The predicted molar refractivity (Wildman–Crippen MR) is 71.9 cm³/mol. The summed E-state index contributed by atoms with van der Waals surface area (Å²) in [5, 5.41) is 0. The highest BCUT2D eigenvalue weighted by molar-refractivity contribution is 8.02. The molecule has 0 bridgehead atoms. The van der Waals surface area contributed by atoms with Gasteiger partial charge in [0.1, 0.15) is 0 Å². The number of hydrogen-bond acceptors (Lipinski definition) is 3. The Labute approximate surface area is 111 Å². The lowest BCUT2D eigenvalue weighted by Crippen LogP contribution is -2.09. The van der Waals surface area contributed by atoms with Crippen LogP contribution in [0.25, 0.3) is 0 Å². The molecule has 18 heavy (non-hydrogen) atoms. The van der Waals surface area contributed by atoms with Crippen molar-refractivity contribution in [3.05, 3.63) is 47.5 Å². The van der Waals surface area contributed by atoms with Gasteiger partial charge in [-0.2, -0.15) is 0 Å². The Morgan fingerprint density at radius 3 is 2.28 bits per heavy atom. The first-order valence-electron chi connectivity index (χ1n) is 5.63. The molecular weight excluding hydrogens is 264 g/mol. The molecule has 0 saturated heterocycles. The number of benzene rings is 2. The molecule has 1 aliphatic rings. The van der Waals surface area contributed by atoms with Crippen LogP contribution >= 0.6 is 11.8 Å². The summed E-state index contributed by atoms with van der Waals surface area (Å²) in [6, 6.07) is 11.1. The van der Waals surface area contributed by atoms with Crippen molar-refractivity contribution in [3.8, 4) is 0 Å². The largest absolute Gasteiger partial charge is 0.218 e. The van der Waals surface area contributed by atoms with Gasteiger partial charge in [0.15, 0.2) is 0 Å². The number of hydrogen-bond donors (Lipinski definition) is 0. The lowest BCUT2D eigenvalue weighted by atomic mass is 10.2. The van der Waals surface area contributed by atoms with Crippen LogP contribution in [0, 0.1) is 13.8 Å². The van der Waals surface area contributed by atoms with Crippen molar-refractivity contribution in [1.82, 2.24) is 0 Å². The van der Waals surface area contributed by atoms with E-state index in [0.29, 0.717) is 9.79 Å². The second-order valence-electron chi connectivity index (χ2n) is 4.51. The second-order valence-corrected chi connectivity index (χ2v) is 7.48. The standard InChI is InChI=1S/C14H12O2S2/c1-9-4-6-13-12(7-9)17-11-5-3-10(2)8-14(11)18(13,15)16/h3-8H,1-2H3. The quantitative estimate of drug-likeness (QED) is 0.629. The molecule has 1 heterocycles. The molecule has 0 N–H and O–H groups in total. The third kappa shape index (κ3) is 1.68. The van der Waals surface area contributed by atoms with Crippen molar-refractivity contribution in [1.29, 1.82) is 0 Å². The Hall–Kier alpha value is -1.26. The van der Waals surface area contributed by atoms with Gasteiger partial charge in [0, 0.05) is 9.79 Å². The van der Waals surface area contributed by atoms with Gasteiger partial charge in [0.05, 0.1) is 9.79 Å². The lowest BCUT2D eigenvalue weighted by molar-refractivity contribution is 0.590. The fourth-order valence-corrected chi connectivity index (χ4v) is 5.40. The molecular formula is C14H12O2S2. The van der Waals surface area contributed by atoms with E-state index in [0.717, 1.165) is 20.9 Å². The van der Waals surface area contributed by atoms with Crippen molar-refractivity contribution in [3.63, 3.8) is 0 Å². The zero-order valence-electron chi connectivity index (χ0n) is 10.1. The monoisotopic (exact) mass is 276 g/mol. The van der Waals surface area contributed by atoms with Gasteiger partial charge in [-0.3, -0.25) is 0 Å². The molecule has 2 aromatic rings. The molecule has 0 saturated carbocycles. The van der Waals surface area contributed by atoms with E-state index in [4.69, 9.17) is 0 Å². The van der Waals surface area contributed by atoms with Gasteiger partial charge in [0.25, 0.3) is 0 Å². The van der Waals surface area contributed by atoms with Gasteiger partial charge in [0.2, 0.25) is 9.84 Å². The van der Waals surface area contributed by atoms with Crippen molar-refractivity contribution in [2.75, 3.05) is 0 Å². The molecule has 4 heteroatoms. The summed E-state index contributed by atoms with van der Waals surface area (Å²) < 4.78 is 25.1. The maximum atomic E-state index is 12.5. The second kappa shape index (κ2) is 3.87. The lowest BCUT2D eigenvalue weighted by Gasteiger charge is -2.19. The van der Waals surface area contributed by atoms with Crippen molar-refractivity contribution >= 4 is 21.6 Å². The third-order valence-corrected chi connectivity index (χ3v) is 6.24. The highest BCUT2D eigenvalue weighted by atomic mass is 32.2. The van der Waals surface area contributed by atoms with Crippen LogP contribution in [0.1, 0.15) is 11.1 Å². The van der Waals surface area contributed by atoms with Crippen LogP contribution in [0.5, 0.6) is 0 Å². The summed E-state index contributed by atoms with van der Waals surface area (Å²) in [4.78, 5) is 2.50. The Balaban J connectivity index is 2.33. The molecule has 2 aromatic carbocycles. The van der Waals surface area contributed by atoms with E-state index in [9.17, 15) is 8.42 Å². The highest BCUT2D eigenvalue weighted by Gasteiger charge is 2.29. The number of rotatable bonds is 0. The van der Waals surface area contributed by atoms with Crippen LogP contribution in [0.3, 0.4) is 0 Å². The maximum absolute atomic E-state index is 12.5. The normalized spacial score (nSPS) is 15.9. The molecule has 0 unspecified atom stereocenters. The van der Waals surface area contributed by atoms with Crippen LogP contribution in [0.15, 0.2) is 56.0 Å². The molecule has 0 atom stereocenters. The van der Waals surface area contributed by atoms with E-state index in [1.807, 2.05) is 38.1 Å². The maximum Gasteiger partial charge on any atom is 0.208 e. The Morgan fingerprint density at radius 1 is 0.833 bits per heavy atom. The number of fused-ring (bicyclic) bond motifs is 2. The Bertz CT molecular complexity index is 746. The fourth-order valence-electron chi connectivity index (χ4n) is 2.06. The van der Waals surface area contributed by atoms with Gasteiger partial charge in [-0.1, -0.05) is 23.9 Å². The van der Waals surface area contributed by atoms with Gasteiger partial charge >= 0.3 is 0 Å². The van der Waals surface area contributed by atoms with Crippen LogP contribution in [-0.2, 0) is 9.84 Å². The minimum atomic E-state index is -3.36. The zero-order chi connectivity index (χ0) is 12.9. The first kappa shape index (κ1) is 11.8. The van der Waals surface area contributed by atoms with Crippen molar-refractivity contribution < 1.29 is 8.42 Å². The molecule has 92 valence electrons. The summed E-state index contributed by atoms with van der Waals surface area (Å²) in [5.41, 5.74) is 2.04. The van der Waals surface area contributed by atoms with Gasteiger partial charge in [-0.15, -0.1) is 0 Å². The molecule has 0 radical (unpaired) electrons. The van der Waals surface area contributed by atoms with Gasteiger partial charge in [-0.25, -0.2) is 8.42 Å². The highest BCUT2D eigenvalue weighted by Crippen LogP contribution is 2.44. The number of aryl methyl sites for hydroxylation is 2. The molecule has 1 aliphatic heterocycles. The molecule has 2 nitrogen and oxygen atoms in total. The van der Waals surface area contributed by atoms with Crippen molar-refractivity contribution in [2.45, 2.75) is 33.4 Å². The predicted octanol–water partition coefficient (Wildman–Crippen LogP) is 3.60. The van der Waals surface area contributed by atoms with Crippen LogP contribution in [-0.4, -0.2) is 8.42 Å². The molecule has 0 aliphatic carbocycles. The molecule has 0 fully saturated rings. The van der Waals surface area contributed by atoms with E-state index >= 15 is 0 Å². The number of sulfone groups is 1. The molecule has 0 aromatic heterocycles. The van der Waals surface area contributed by atoms with Crippen LogP contribution < -0.4 is 0 Å². The first-order valence-corrected chi connectivity index (χ1v) is 7.93. The van der Waals surface area contributed by atoms with Gasteiger partial charge < -0.3 is 0 Å². The Morgan fingerprint density at radius 2 is 1.50 bits per heavy atom. The summed E-state index contributed by atoms with van der Waals surface area (Å²) >= 11 is 1.53. The summed E-state index contributed by atoms with van der Waals surface area (Å²) in [5.74, 6) is 0. The summed E-state index contributed by atoms with van der Waals surface area (Å²) in [7, 11) is -3.36. The van der Waals surface area contributed by atoms with E-state index < -0.39 is 9.84 Å². The van der Waals surface area contributed by atoms with E-state index in [1.54, 1.807) is 12.1 Å². The molecule has 0 spiro atoms. The van der Waals surface area contributed by atoms with Crippen LogP contribution in [0.2, 0.25) is 0 Å². The SMILES string of the molecule is Cc1ccc2c(c1)Sc1ccc(C)cc1S2(=O)=O. The Kier molecular flexibility index (Phi) is 2.54. The minimum Gasteiger partial charge on any atom is -0.218 e. The van der Waals surface area contributed by atoms with E-state index in [2.05, 4.69) is 0 Å². The third-order valence-electron chi connectivity index (χ3n) is 3.00. The molecule has 3 rings (SSSR count). The topological polar surface area (TPSA) is 34.1 Å². The fraction of sp³-hybridized carbons (Fsp3) is 0.143. The zero-order valence-corrected chi connectivity index (χ0v) is 11.7. The van der Waals surface area contributed by atoms with E-state index in [-0.39, 0.29) is 0 Å². The van der Waals surface area contributed by atoms with Gasteiger partial charge in [-0.05, 0) is 49.2 Å². The average Bonchev–Trinajstić information content (AvgIpc) is 2.30.